The van der Waals surface area contributed by atoms with Gasteiger partial charge in [-0.15, -0.1) is 11.3 Å². The van der Waals surface area contributed by atoms with Gasteiger partial charge in [0.1, 0.15) is 0 Å². The number of carbonyl (C=O) groups is 2. The number of benzene rings is 1. The van der Waals surface area contributed by atoms with E-state index < -0.39 is 10.0 Å². The zero-order valence-electron chi connectivity index (χ0n) is 18.4. The van der Waals surface area contributed by atoms with Crippen LogP contribution in [0.25, 0.3) is 0 Å². The normalized spacial score (nSPS) is 18.2. The summed E-state index contributed by atoms with van der Waals surface area (Å²) in [7, 11) is -3.45. The molecule has 0 radical (unpaired) electrons. The van der Waals surface area contributed by atoms with Gasteiger partial charge < -0.3 is 15.0 Å². The Morgan fingerprint density at radius 3 is 2.36 bits per heavy atom. The average molecular weight is 492 g/mol. The predicted octanol–water partition coefficient (Wildman–Crippen LogP) is 2.08. The van der Waals surface area contributed by atoms with Crippen LogP contribution in [0.3, 0.4) is 0 Å². The number of sulfonamides is 1. The first-order valence-electron chi connectivity index (χ1n) is 11.2. The SMILES string of the molecule is O=C(NCc1ccccc1CS(=O)(=O)N1CCOCC1)C1CCN(C(=O)c2cccs2)CC1. The van der Waals surface area contributed by atoms with Gasteiger partial charge in [0, 0.05) is 38.6 Å². The number of nitrogens with one attached hydrogen (secondary N) is 1. The maximum Gasteiger partial charge on any atom is 0.263 e. The zero-order chi connectivity index (χ0) is 23.3. The minimum Gasteiger partial charge on any atom is -0.379 e. The van der Waals surface area contributed by atoms with Crippen molar-refractivity contribution in [3.63, 3.8) is 0 Å². The highest BCUT2D eigenvalue weighted by Crippen LogP contribution is 2.22. The molecule has 33 heavy (non-hydrogen) atoms. The van der Waals surface area contributed by atoms with E-state index in [1.807, 2.05) is 35.7 Å². The largest absolute Gasteiger partial charge is 0.379 e. The van der Waals surface area contributed by atoms with E-state index in [-0.39, 0.29) is 30.0 Å². The quantitative estimate of drug-likeness (QED) is 0.640. The van der Waals surface area contributed by atoms with Crippen LogP contribution in [-0.4, -0.2) is 68.8 Å². The van der Waals surface area contributed by atoms with Gasteiger partial charge in [-0.25, -0.2) is 8.42 Å². The zero-order valence-corrected chi connectivity index (χ0v) is 20.1. The smallest absolute Gasteiger partial charge is 0.263 e. The molecule has 0 unspecified atom stereocenters. The molecule has 1 N–H and O–H groups in total. The summed E-state index contributed by atoms with van der Waals surface area (Å²) in [6.45, 7) is 2.96. The fraction of sp³-hybridized carbons (Fsp3) is 0.478. The van der Waals surface area contributed by atoms with E-state index >= 15 is 0 Å². The molecule has 0 saturated carbocycles. The summed E-state index contributed by atoms with van der Waals surface area (Å²) in [5, 5.41) is 4.86. The van der Waals surface area contributed by atoms with Crippen LogP contribution in [-0.2, 0) is 31.9 Å². The molecule has 0 aliphatic carbocycles. The van der Waals surface area contributed by atoms with Crippen molar-refractivity contribution in [3.8, 4) is 0 Å². The van der Waals surface area contributed by atoms with Gasteiger partial charge in [0.2, 0.25) is 15.9 Å². The number of ether oxygens (including phenoxy) is 1. The van der Waals surface area contributed by atoms with Gasteiger partial charge in [-0.1, -0.05) is 30.3 Å². The Morgan fingerprint density at radius 2 is 1.70 bits per heavy atom. The van der Waals surface area contributed by atoms with Gasteiger partial charge in [-0.2, -0.15) is 4.31 Å². The van der Waals surface area contributed by atoms with Crippen molar-refractivity contribution in [1.82, 2.24) is 14.5 Å². The molecule has 2 aliphatic heterocycles. The number of hydrogen-bond donors (Lipinski definition) is 1. The van der Waals surface area contributed by atoms with Crippen LogP contribution in [0.5, 0.6) is 0 Å². The third-order valence-electron chi connectivity index (χ3n) is 6.16. The molecule has 0 bridgehead atoms. The molecule has 0 spiro atoms. The van der Waals surface area contributed by atoms with Crippen molar-refractivity contribution in [2.24, 2.45) is 5.92 Å². The third kappa shape index (κ3) is 6.00. The second-order valence-corrected chi connectivity index (χ2v) is 11.2. The van der Waals surface area contributed by atoms with Gasteiger partial charge in [-0.05, 0) is 35.4 Å². The van der Waals surface area contributed by atoms with Crippen LogP contribution in [0.15, 0.2) is 41.8 Å². The predicted molar refractivity (Wildman–Crippen MR) is 126 cm³/mol. The van der Waals surface area contributed by atoms with Crippen LogP contribution < -0.4 is 5.32 Å². The number of rotatable bonds is 7. The van der Waals surface area contributed by atoms with Crippen LogP contribution in [0.1, 0.15) is 33.6 Å². The molecule has 1 aromatic heterocycles. The Bertz CT molecular complexity index is 1060. The number of nitrogens with zero attached hydrogens (tertiary/aromatic N) is 2. The van der Waals surface area contributed by atoms with Crippen LogP contribution in [0.4, 0.5) is 0 Å². The highest BCUT2D eigenvalue weighted by molar-refractivity contribution is 7.88. The Kier molecular flexibility index (Phi) is 7.79. The second kappa shape index (κ2) is 10.8. The topological polar surface area (TPSA) is 96.0 Å². The summed E-state index contributed by atoms with van der Waals surface area (Å²) in [4.78, 5) is 27.8. The van der Waals surface area contributed by atoms with Crippen molar-refractivity contribution < 1.29 is 22.7 Å². The molecule has 0 atom stereocenters. The Labute approximate surface area is 198 Å². The number of piperidine rings is 1. The molecule has 2 saturated heterocycles. The molecule has 10 heteroatoms. The van der Waals surface area contributed by atoms with Gasteiger partial charge in [-0.3, -0.25) is 9.59 Å². The van der Waals surface area contributed by atoms with Crippen LogP contribution >= 0.6 is 11.3 Å². The Morgan fingerprint density at radius 1 is 1.00 bits per heavy atom. The van der Waals surface area contributed by atoms with E-state index in [0.717, 1.165) is 10.4 Å². The molecule has 178 valence electrons. The second-order valence-electron chi connectivity index (χ2n) is 8.30. The highest BCUT2D eigenvalue weighted by atomic mass is 32.2. The van der Waals surface area contributed by atoms with Gasteiger partial charge in [0.25, 0.3) is 5.91 Å². The van der Waals surface area contributed by atoms with Crippen LogP contribution in [0, 0.1) is 5.92 Å². The number of carbonyl (C=O) groups excluding carboxylic acids is 2. The summed E-state index contributed by atoms with van der Waals surface area (Å²) in [5.74, 6) is -0.271. The number of morpholine rings is 1. The average Bonchev–Trinajstić information content (AvgIpc) is 3.38. The molecular weight excluding hydrogens is 462 g/mol. The van der Waals surface area contributed by atoms with Crippen molar-refractivity contribution in [2.75, 3.05) is 39.4 Å². The van der Waals surface area contributed by atoms with Gasteiger partial charge >= 0.3 is 0 Å². The third-order valence-corrected chi connectivity index (χ3v) is 8.84. The first kappa shape index (κ1) is 23.9. The lowest BCUT2D eigenvalue weighted by molar-refractivity contribution is -0.126. The van der Waals surface area contributed by atoms with E-state index in [0.29, 0.717) is 57.8 Å². The number of thiophene rings is 1. The standard InChI is InChI=1S/C23H29N3O5S2/c27-22(18-7-9-25(10-8-18)23(28)21-6-3-15-32-21)24-16-19-4-1-2-5-20(19)17-33(29,30)26-11-13-31-14-12-26/h1-6,15,18H,7-14,16-17H2,(H,24,27). The lowest BCUT2D eigenvalue weighted by Crippen LogP contribution is -2.43. The first-order valence-corrected chi connectivity index (χ1v) is 13.7. The van der Waals surface area contributed by atoms with Crippen molar-refractivity contribution in [2.45, 2.75) is 25.1 Å². The van der Waals surface area contributed by atoms with Crippen LogP contribution in [0.2, 0.25) is 0 Å². The molecule has 2 fully saturated rings. The lowest BCUT2D eigenvalue weighted by atomic mass is 9.95. The minimum absolute atomic E-state index is 0.0271. The maximum absolute atomic E-state index is 12.8. The molecule has 2 amide bonds. The molecule has 2 aromatic rings. The highest BCUT2D eigenvalue weighted by Gasteiger charge is 2.29. The van der Waals surface area contributed by atoms with Gasteiger partial charge in [0.15, 0.2) is 0 Å². The van der Waals surface area contributed by atoms with Gasteiger partial charge in [0.05, 0.1) is 23.8 Å². The summed E-state index contributed by atoms with van der Waals surface area (Å²) < 4.78 is 32.4. The molecule has 3 heterocycles. The van der Waals surface area contributed by atoms with E-state index in [4.69, 9.17) is 4.74 Å². The molecule has 8 nitrogen and oxygen atoms in total. The fourth-order valence-corrected chi connectivity index (χ4v) is 6.46. The van der Waals surface area contributed by atoms with E-state index in [1.54, 1.807) is 11.0 Å². The lowest BCUT2D eigenvalue weighted by Gasteiger charge is -2.31. The first-order chi connectivity index (χ1) is 15.9. The van der Waals surface area contributed by atoms with Crippen molar-refractivity contribution >= 4 is 33.2 Å². The summed E-state index contributed by atoms with van der Waals surface area (Å²) in [6.07, 6.45) is 1.24. The molecule has 1 aromatic carbocycles. The minimum atomic E-state index is -3.45. The van der Waals surface area contributed by atoms with E-state index in [1.165, 1.54) is 15.6 Å². The molecule has 4 rings (SSSR count). The monoisotopic (exact) mass is 491 g/mol. The molecular formula is C23H29N3O5S2. The fourth-order valence-electron chi connectivity index (χ4n) is 4.21. The summed E-state index contributed by atoms with van der Waals surface area (Å²) in [6, 6.07) is 11.0. The summed E-state index contributed by atoms with van der Waals surface area (Å²) >= 11 is 1.43. The molecule has 2 aliphatic rings. The van der Waals surface area contributed by atoms with Crippen molar-refractivity contribution in [1.29, 1.82) is 0 Å². The number of amides is 2. The Balaban J connectivity index is 1.30. The number of hydrogen-bond acceptors (Lipinski definition) is 6. The number of likely N-dealkylation sites (tertiary alicyclic amines) is 1. The summed E-state index contributed by atoms with van der Waals surface area (Å²) in [5.41, 5.74) is 1.49. The Hall–Kier alpha value is -2.27. The van der Waals surface area contributed by atoms with Crippen molar-refractivity contribution in [3.05, 3.63) is 57.8 Å². The maximum atomic E-state index is 12.8. The van der Waals surface area contributed by atoms with E-state index in [9.17, 15) is 18.0 Å². The van der Waals surface area contributed by atoms with E-state index in [2.05, 4.69) is 5.32 Å².